The van der Waals surface area contributed by atoms with Crippen LogP contribution in [-0.2, 0) is 19.6 Å². The van der Waals surface area contributed by atoms with Gasteiger partial charge in [-0.3, -0.25) is 14.7 Å². The third-order valence-electron chi connectivity index (χ3n) is 4.86. The van der Waals surface area contributed by atoms with Gasteiger partial charge in [-0.2, -0.15) is 0 Å². The fourth-order valence-electron chi connectivity index (χ4n) is 3.42. The summed E-state index contributed by atoms with van der Waals surface area (Å²) in [4.78, 5) is 18.1. The highest BCUT2D eigenvalue weighted by atomic mass is 16.3. The van der Waals surface area contributed by atoms with E-state index in [0.29, 0.717) is 6.54 Å². The molecule has 1 aromatic carbocycles. The quantitative estimate of drug-likeness (QED) is 0.406. The van der Waals surface area contributed by atoms with Gasteiger partial charge in [0, 0.05) is 48.6 Å². The highest BCUT2D eigenvalue weighted by Crippen LogP contribution is 2.19. The number of nitrogens with zero attached hydrogens (tertiary/aromatic N) is 3. The van der Waals surface area contributed by atoms with Crippen LogP contribution in [-0.4, -0.2) is 20.2 Å². The fraction of sp³-hybridized carbons (Fsp3) is 0.167. The van der Waals surface area contributed by atoms with Crippen LogP contribution in [0.4, 0.5) is 0 Å². The minimum Gasteiger partial charge on any atom is -0.468 e. The molecule has 5 heteroatoms. The van der Waals surface area contributed by atoms with Crippen LogP contribution in [0, 0.1) is 0 Å². The Hall–Kier alpha value is -3.44. The van der Waals surface area contributed by atoms with E-state index in [-0.39, 0.29) is 5.78 Å². The molecule has 0 fully saturated rings. The summed E-state index contributed by atoms with van der Waals surface area (Å²) in [5.74, 6) is 1.00. The van der Waals surface area contributed by atoms with Gasteiger partial charge in [0.1, 0.15) is 5.76 Å². The number of carbonyl (C=O) groups excluding carboxylic acids is 1. The minimum absolute atomic E-state index is 0.0744. The molecule has 0 unspecified atom stereocenters. The molecule has 0 bridgehead atoms. The molecule has 4 rings (SSSR count). The first-order valence-electron chi connectivity index (χ1n) is 9.60. The second-order valence-corrected chi connectivity index (χ2v) is 7.06. The maximum atomic E-state index is 11.6. The molecule has 0 radical (unpaired) electrons. The number of benzene rings is 1. The molecule has 5 nitrogen and oxygen atoms in total. The molecule has 3 heterocycles. The molecule has 0 atom stereocenters. The lowest BCUT2D eigenvalue weighted by molar-refractivity contribution is 0.101. The number of carbonyl (C=O) groups is 1. The van der Waals surface area contributed by atoms with Crippen LogP contribution in [0.1, 0.15) is 34.3 Å². The zero-order valence-electron chi connectivity index (χ0n) is 16.4. The van der Waals surface area contributed by atoms with Crippen molar-refractivity contribution in [3.8, 4) is 5.69 Å². The maximum Gasteiger partial charge on any atom is 0.159 e. The standard InChI is InChI=1S/C24H23N3O2/c1-19(28)21-8-10-22(11-9-21)27-13-3-6-23(27)17-26(18-24-7-4-14-29-24)16-20-5-2-12-25-15-20/h2-15H,16-18H2,1H3. The van der Waals surface area contributed by atoms with E-state index in [1.807, 2.05) is 60.9 Å². The average Bonchev–Trinajstić information content (AvgIpc) is 3.41. The topological polar surface area (TPSA) is 51.3 Å². The van der Waals surface area contributed by atoms with Gasteiger partial charge >= 0.3 is 0 Å². The third-order valence-corrected chi connectivity index (χ3v) is 4.86. The van der Waals surface area contributed by atoms with Crippen LogP contribution in [0.15, 0.2) is 89.9 Å². The Morgan fingerprint density at radius 2 is 1.86 bits per heavy atom. The van der Waals surface area contributed by atoms with E-state index < -0.39 is 0 Å². The number of Topliss-reactive ketones (excluding diaryl/α,β-unsaturated/α-hetero) is 1. The zero-order valence-corrected chi connectivity index (χ0v) is 16.4. The molecule has 0 saturated carbocycles. The van der Waals surface area contributed by atoms with E-state index in [0.717, 1.165) is 41.4 Å². The van der Waals surface area contributed by atoms with Crippen LogP contribution < -0.4 is 0 Å². The summed E-state index contributed by atoms with van der Waals surface area (Å²) in [7, 11) is 0. The molecule has 4 aromatic rings. The van der Waals surface area contributed by atoms with Crippen molar-refractivity contribution in [1.82, 2.24) is 14.5 Å². The predicted octanol–water partition coefficient (Wildman–Crippen LogP) is 4.87. The molecule has 3 aromatic heterocycles. The second kappa shape index (κ2) is 8.71. The van der Waals surface area contributed by atoms with Crippen molar-refractivity contribution in [1.29, 1.82) is 0 Å². The molecule has 0 amide bonds. The van der Waals surface area contributed by atoms with Gasteiger partial charge in [0.2, 0.25) is 0 Å². The Labute approximate surface area is 170 Å². The van der Waals surface area contributed by atoms with Crippen LogP contribution in [0.3, 0.4) is 0 Å². The Bertz CT molecular complexity index is 1050. The summed E-state index contributed by atoms with van der Waals surface area (Å²) < 4.78 is 7.73. The second-order valence-electron chi connectivity index (χ2n) is 7.06. The first-order valence-corrected chi connectivity index (χ1v) is 9.60. The lowest BCUT2D eigenvalue weighted by atomic mass is 10.1. The molecule has 0 spiro atoms. The predicted molar refractivity (Wildman–Crippen MR) is 112 cm³/mol. The van der Waals surface area contributed by atoms with Crippen LogP contribution in [0.25, 0.3) is 5.69 Å². The number of hydrogen-bond acceptors (Lipinski definition) is 4. The first-order chi connectivity index (χ1) is 14.2. The highest BCUT2D eigenvalue weighted by Gasteiger charge is 2.13. The fourth-order valence-corrected chi connectivity index (χ4v) is 3.42. The van der Waals surface area contributed by atoms with Gasteiger partial charge in [-0.1, -0.05) is 6.07 Å². The number of ketones is 1. The van der Waals surface area contributed by atoms with Gasteiger partial charge < -0.3 is 8.98 Å². The molecular weight excluding hydrogens is 362 g/mol. The maximum absolute atomic E-state index is 11.6. The van der Waals surface area contributed by atoms with Crippen molar-refractivity contribution < 1.29 is 9.21 Å². The van der Waals surface area contributed by atoms with Crippen molar-refractivity contribution in [2.45, 2.75) is 26.6 Å². The third kappa shape index (κ3) is 4.70. The van der Waals surface area contributed by atoms with E-state index in [1.54, 1.807) is 19.4 Å². The summed E-state index contributed by atoms with van der Waals surface area (Å²) in [5, 5.41) is 0. The van der Waals surface area contributed by atoms with Crippen LogP contribution in [0.2, 0.25) is 0 Å². The van der Waals surface area contributed by atoms with Gasteiger partial charge in [0.15, 0.2) is 5.78 Å². The Morgan fingerprint density at radius 1 is 1.00 bits per heavy atom. The number of rotatable bonds is 8. The number of pyridine rings is 1. The van der Waals surface area contributed by atoms with Crippen molar-refractivity contribution in [3.63, 3.8) is 0 Å². The molecule has 0 aliphatic heterocycles. The molecule has 0 saturated heterocycles. The summed E-state index contributed by atoms with van der Waals surface area (Å²) >= 11 is 0. The number of furan rings is 1. The van der Waals surface area contributed by atoms with Gasteiger partial charge in [-0.25, -0.2) is 0 Å². The van der Waals surface area contributed by atoms with E-state index in [1.165, 1.54) is 0 Å². The largest absolute Gasteiger partial charge is 0.468 e. The molecule has 29 heavy (non-hydrogen) atoms. The van der Waals surface area contributed by atoms with Crippen molar-refractivity contribution >= 4 is 5.78 Å². The lowest BCUT2D eigenvalue weighted by Gasteiger charge is -2.22. The number of hydrogen-bond donors (Lipinski definition) is 0. The van der Waals surface area contributed by atoms with E-state index in [4.69, 9.17) is 4.42 Å². The van der Waals surface area contributed by atoms with E-state index >= 15 is 0 Å². The molecule has 0 aliphatic carbocycles. The Kier molecular flexibility index (Phi) is 5.68. The summed E-state index contributed by atoms with van der Waals surface area (Å²) in [6.07, 6.45) is 7.44. The van der Waals surface area contributed by atoms with Gasteiger partial charge in [-0.05, 0) is 67.1 Å². The van der Waals surface area contributed by atoms with Crippen molar-refractivity contribution in [2.75, 3.05) is 0 Å². The van der Waals surface area contributed by atoms with Crippen molar-refractivity contribution in [3.05, 3.63) is 108 Å². The van der Waals surface area contributed by atoms with Gasteiger partial charge in [0.25, 0.3) is 0 Å². The summed E-state index contributed by atoms with van der Waals surface area (Å²) in [6.45, 7) is 3.80. The van der Waals surface area contributed by atoms with E-state index in [2.05, 4.69) is 26.6 Å². The normalized spacial score (nSPS) is 11.1. The van der Waals surface area contributed by atoms with Gasteiger partial charge in [0.05, 0.1) is 12.8 Å². The smallest absolute Gasteiger partial charge is 0.159 e. The zero-order chi connectivity index (χ0) is 20.1. The van der Waals surface area contributed by atoms with E-state index in [9.17, 15) is 4.79 Å². The molecule has 0 aliphatic rings. The summed E-state index contributed by atoms with van der Waals surface area (Å²) in [6, 6.07) is 19.8. The molecule has 146 valence electrons. The molecule has 0 N–H and O–H groups in total. The first kappa shape index (κ1) is 18.9. The number of aromatic nitrogens is 2. The average molecular weight is 385 g/mol. The van der Waals surface area contributed by atoms with Crippen LogP contribution in [0.5, 0.6) is 0 Å². The molecular formula is C24H23N3O2. The minimum atomic E-state index is 0.0744. The van der Waals surface area contributed by atoms with Crippen LogP contribution >= 0.6 is 0 Å². The lowest BCUT2D eigenvalue weighted by Crippen LogP contribution is -2.23. The SMILES string of the molecule is CC(=O)c1ccc(-n2cccc2CN(Cc2cccnc2)Cc2ccco2)cc1. The van der Waals surface area contributed by atoms with Crippen molar-refractivity contribution in [2.24, 2.45) is 0 Å². The Morgan fingerprint density at radius 3 is 2.55 bits per heavy atom. The van der Waals surface area contributed by atoms with Gasteiger partial charge in [-0.15, -0.1) is 0 Å². The monoisotopic (exact) mass is 385 g/mol. The Balaban J connectivity index is 1.57. The summed E-state index contributed by atoms with van der Waals surface area (Å²) in [5.41, 5.74) is 4.08. The highest BCUT2D eigenvalue weighted by molar-refractivity contribution is 5.94.